The number of rotatable bonds is 15. The van der Waals surface area contributed by atoms with E-state index < -0.39 is 81.6 Å². The lowest BCUT2D eigenvalue weighted by atomic mass is 9.84. The Morgan fingerprint density at radius 2 is 1.55 bits per heavy atom. The van der Waals surface area contributed by atoms with Crippen LogP contribution in [0.5, 0.6) is 0 Å². The first kappa shape index (κ1) is 43.8. The Balaban J connectivity index is 2.29. The standard InChI is InChI=1S/C36H60F2N6O6S/c1-22(2)25-17-19-44(29(25)32(46)40-26(20-28(37)38)31(45)39-18-16-24-14-12-23(3)13-15-24)33(47)30(36(7,8)9)42-34(48)41-27(35(4,5)6)21-43(10)51(11,49)50/h12-15,22,25-30H,16-21H2,1-11H3,(H,39,45)(H,40,46)(H2,41,42,48)/t25?,26-,27+,29-,30+/m0/s1. The number of alkyl halides is 2. The van der Waals surface area contributed by atoms with Crippen LogP contribution in [0.2, 0.25) is 0 Å². The SMILES string of the molecule is Cc1ccc(CCNC(=O)[C@H](CC(F)F)NC(=O)[C@@H]2C(C(C)C)CCN2C(=O)[C@@H](NC(=O)N[C@H](CN(C)S(C)(=O)=O)C(C)(C)C)C(C)(C)C)cc1. The monoisotopic (exact) mass is 742 g/mol. The highest BCUT2D eigenvalue weighted by atomic mass is 32.2. The zero-order valence-electron chi connectivity index (χ0n) is 32.1. The van der Waals surface area contributed by atoms with Gasteiger partial charge >= 0.3 is 6.03 Å². The molecule has 5 atom stereocenters. The van der Waals surface area contributed by atoms with E-state index >= 15 is 0 Å². The van der Waals surface area contributed by atoms with Crippen LogP contribution in [-0.4, -0.2) is 105 Å². The number of nitrogens with zero attached hydrogens (tertiary/aromatic N) is 2. The van der Waals surface area contributed by atoms with Crippen LogP contribution in [0.25, 0.3) is 0 Å². The van der Waals surface area contributed by atoms with Gasteiger partial charge in [-0.25, -0.2) is 26.3 Å². The van der Waals surface area contributed by atoms with Gasteiger partial charge in [-0.05, 0) is 48.0 Å². The third kappa shape index (κ3) is 13.3. The number of hydrogen-bond donors (Lipinski definition) is 4. The summed E-state index contributed by atoms with van der Waals surface area (Å²) in [4.78, 5) is 56.2. The van der Waals surface area contributed by atoms with Gasteiger partial charge in [-0.2, -0.15) is 0 Å². The van der Waals surface area contributed by atoms with Gasteiger partial charge in [0.05, 0.1) is 6.26 Å². The van der Waals surface area contributed by atoms with Crippen molar-refractivity contribution in [2.45, 2.75) is 112 Å². The summed E-state index contributed by atoms with van der Waals surface area (Å²) in [6.45, 7) is 17.0. The van der Waals surface area contributed by atoms with Crippen LogP contribution in [0, 0.1) is 29.6 Å². The number of likely N-dealkylation sites (N-methyl/N-ethyl adjacent to an activating group) is 1. The van der Waals surface area contributed by atoms with E-state index in [-0.39, 0.29) is 31.5 Å². The van der Waals surface area contributed by atoms with Crippen LogP contribution in [-0.2, 0) is 30.8 Å². The van der Waals surface area contributed by atoms with Gasteiger partial charge in [0.1, 0.15) is 18.1 Å². The molecule has 1 aromatic rings. The van der Waals surface area contributed by atoms with Crippen molar-refractivity contribution in [3.8, 4) is 0 Å². The van der Waals surface area contributed by atoms with Crippen molar-refractivity contribution in [1.29, 1.82) is 0 Å². The number of amides is 5. The van der Waals surface area contributed by atoms with Crippen molar-refractivity contribution in [2.75, 3.05) is 32.9 Å². The molecular weight excluding hydrogens is 682 g/mol. The molecule has 0 saturated carbocycles. The number of carbonyl (C=O) groups is 4. The second-order valence-corrected chi connectivity index (χ2v) is 18.4. The van der Waals surface area contributed by atoms with Gasteiger partial charge in [0.25, 0.3) is 0 Å². The van der Waals surface area contributed by atoms with Crippen molar-refractivity contribution in [2.24, 2.45) is 22.7 Å². The minimum atomic E-state index is -3.53. The van der Waals surface area contributed by atoms with E-state index in [1.165, 1.54) is 11.9 Å². The molecule has 1 fully saturated rings. The Morgan fingerprint density at radius 3 is 2.04 bits per heavy atom. The second kappa shape index (κ2) is 17.9. The van der Waals surface area contributed by atoms with Crippen molar-refractivity contribution in [3.63, 3.8) is 0 Å². The fraction of sp³-hybridized carbons (Fsp3) is 0.722. The molecule has 1 heterocycles. The van der Waals surface area contributed by atoms with E-state index in [1.54, 1.807) is 20.8 Å². The number of benzene rings is 1. The normalized spacial score (nSPS) is 18.8. The summed E-state index contributed by atoms with van der Waals surface area (Å²) in [6.07, 6.45) is -1.77. The number of nitrogens with one attached hydrogen (secondary N) is 4. The number of halogens is 2. The predicted octanol–water partition coefficient (Wildman–Crippen LogP) is 3.69. The van der Waals surface area contributed by atoms with Crippen LogP contribution in [0.15, 0.2) is 24.3 Å². The van der Waals surface area contributed by atoms with E-state index in [0.717, 1.165) is 21.7 Å². The number of carbonyl (C=O) groups excluding carboxylic acids is 4. The first-order valence-corrected chi connectivity index (χ1v) is 19.4. The van der Waals surface area contributed by atoms with E-state index in [9.17, 15) is 36.4 Å². The first-order chi connectivity index (χ1) is 23.3. The maximum atomic E-state index is 14.3. The van der Waals surface area contributed by atoms with E-state index in [1.807, 2.05) is 65.8 Å². The molecule has 15 heteroatoms. The Hall–Kier alpha value is -3.33. The third-order valence-corrected chi connectivity index (χ3v) is 10.8. The van der Waals surface area contributed by atoms with Gasteiger partial charge in [0.2, 0.25) is 34.2 Å². The van der Waals surface area contributed by atoms with Crippen LogP contribution in [0.1, 0.15) is 79.4 Å². The highest BCUT2D eigenvalue weighted by molar-refractivity contribution is 7.88. The molecule has 2 rings (SSSR count). The molecule has 0 radical (unpaired) electrons. The maximum absolute atomic E-state index is 14.3. The molecule has 1 aromatic carbocycles. The number of sulfonamides is 1. The molecular formula is C36H60F2N6O6S. The van der Waals surface area contributed by atoms with Gasteiger partial charge in [0.15, 0.2) is 0 Å². The maximum Gasteiger partial charge on any atom is 0.315 e. The summed E-state index contributed by atoms with van der Waals surface area (Å²) in [5.74, 6) is -2.40. The lowest BCUT2D eigenvalue weighted by Gasteiger charge is -2.38. The van der Waals surface area contributed by atoms with Gasteiger partial charge in [0, 0.05) is 39.1 Å². The minimum Gasteiger partial charge on any atom is -0.354 e. The fourth-order valence-electron chi connectivity index (χ4n) is 6.05. The van der Waals surface area contributed by atoms with E-state index in [0.29, 0.717) is 12.8 Å². The van der Waals surface area contributed by atoms with E-state index in [2.05, 4.69) is 21.3 Å². The molecule has 1 aliphatic heterocycles. The summed E-state index contributed by atoms with van der Waals surface area (Å²) in [5, 5.41) is 10.8. The minimum absolute atomic E-state index is 0.00631. The number of urea groups is 1. The molecule has 0 spiro atoms. The molecule has 51 heavy (non-hydrogen) atoms. The molecule has 0 bridgehead atoms. The zero-order chi connectivity index (χ0) is 39.1. The molecule has 1 saturated heterocycles. The van der Waals surface area contributed by atoms with Gasteiger partial charge in [-0.3, -0.25) is 14.4 Å². The Labute approximate surface area is 303 Å². The fourth-order valence-corrected chi connectivity index (χ4v) is 6.47. The lowest BCUT2D eigenvalue weighted by molar-refractivity contribution is -0.144. The van der Waals surface area contributed by atoms with Crippen molar-refractivity contribution in [3.05, 3.63) is 35.4 Å². The van der Waals surface area contributed by atoms with Gasteiger partial charge < -0.3 is 26.2 Å². The van der Waals surface area contributed by atoms with Crippen LogP contribution >= 0.6 is 0 Å². The summed E-state index contributed by atoms with van der Waals surface area (Å²) in [6, 6.07) is 2.68. The summed E-state index contributed by atoms with van der Waals surface area (Å²) < 4.78 is 52.7. The molecule has 5 amide bonds. The van der Waals surface area contributed by atoms with Gasteiger partial charge in [-0.1, -0.05) is 85.2 Å². The predicted molar refractivity (Wildman–Crippen MR) is 195 cm³/mol. The Kier molecular flexibility index (Phi) is 15.4. The van der Waals surface area contributed by atoms with Crippen LogP contribution in [0.4, 0.5) is 13.6 Å². The smallest absolute Gasteiger partial charge is 0.315 e. The van der Waals surface area contributed by atoms with E-state index in [4.69, 9.17) is 0 Å². The van der Waals surface area contributed by atoms with Crippen molar-refractivity contribution >= 4 is 33.8 Å². The summed E-state index contributed by atoms with van der Waals surface area (Å²) in [5.41, 5.74) is 0.656. The number of aryl methyl sites for hydroxylation is 1. The highest BCUT2D eigenvalue weighted by Gasteiger charge is 2.48. The summed E-state index contributed by atoms with van der Waals surface area (Å²) in [7, 11) is -2.12. The molecule has 4 N–H and O–H groups in total. The Bertz CT molecular complexity index is 1460. The van der Waals surface area contributed by atoms with Crippen LogP contribution < -0.4 is 21.3 Å². The third-order valence-electron chi connectivity index (χ3n) is 9.48. The van der Waals surface area contributed by atoms with Crippen molar-refractivity contribution in [1.82, 2.24) is 30.5 Å². The highest BCUT2D eigenvalue weighted by Crippen LogP contribution is 2.33. The van der Waals surface area contributed by atoms with Gasteiger partial charge in [-0.15, -0.1) is 0 Å². The first-order valence-electron chi connectivity index (χ1n) is 17.5. The molecule has 0 aromatic heterocycles. The number of likely N-dealkylation sites (tertiary alicyclic amines) is 1. The molecule has 290 valence electrons. The lowest BCUT2D eigenvalue weighted by Crippen LogP contribution is -2.62. The topological polar surface area (TPSA) is 157 Å². The molecule has 0 aliphatic carbocycles. The van der Waals surface area contributed by atoms with Crippen LogP contribution in [0.3, 0.4) is 0 Å². The average molecular weight is 743 g/mol. The second-order valence-electron chi connectivity index (χ2n) is 16.3. The quantitative estimate of drug-likeness (QED) is 0.215. The number of hydrogen-bond acceptors (Lipinski definition) is 6. The molecule has 1 unspecified atom stereocenters. The largest absolute Gasteiger partial charge is 0.354 e. The van der Waals surface area contributed by atoms with Crippen molar-refractivity contribution < 1.29 is 36.4 Å². The Morgan fingerprint density at radius 1 is 0.961 bits per heavy atom. The zero-order valence-corrected chi connectivity index (χ0v) is 32.9. The summed E-state index contributed by atoms with van der Waals surface area (Å²) >= 11 is 0. The molecule has 1 aliphatic rings. The average Bonchev–Trinajstić information content (AvgIpc) is 3.44. The molecule has 12 nitrogen and oxygen atoms in total.